The third-order valence-corrected chi connectivity index (χ3v) is 6.90. The first-order valence-corrected chi connectivity index (χ1v) is 13.2. The van der Waals surface area contributed by atoms with Crippen LogP contribution in [-0.2, 0) is 27.0 Å². The van der Waals surface area contributed by atoms with E-state index in [0.29, 0.717) is 24.2 Å². The Bertz CT molecular complexity index is 1520. The van der Waals surface area contributed by atoms with Gasteiger partial charge in [-0.3, -0.25) is 9.88 Å². The van der Waals surface area contributed by atoms with Gasteiger partial charge in [-0.1, -0.05) is 54.6 Å². The lowest BCUT2D eigenvalue weighted by Gasteiger charge is -2.31. The summed E-state index contributed by atoms with van der Waals surface area (Å²) in [6.45, 7) is 1.87. The van der Waals surface area contributed by atoms with E-state index in [9.17, 15) is 22.8 Å². The van der Waals surface area contributed by atoms with E-state index in [0.717, 1.165) is 25.7 Å². The molecule has 1 fully saturated rings. The van der Waals surface area contributed by atoms with Crippen LogP contribution in [0.3, 0.4) is 0 Å². The fourth-order valence-corrected chi connectivity index (χ4v) is 4.88. The molecular weight excluding hydrogens is 535 g/mol. The number of hydrogen-bond acceptors (Lipinski definition) is 7. The van der Waals surface area contributed by atoms with Crippen LogP contribution in [0.1, 0.15) is 34.3 Å². The maximum absolute atomic E-state index is 13.5. The molecular formula is C31H28F3N3O4. The molecule has 2 heterocycles. The van der Waals surface area contributed by atoms with Crippen LogP contribution >= 0.6 is 0 Å². The van der Waals surface area contributed by atoms with Gasteiger partial charge in [0.25, 0.3) is 0 Å². The molecule has 1 saturated heterocycles. The molecule has 1 N–H and O–H groups in total. The molecule has 3 aromatic carbocycles. The third kappa shape index (κ3) is 7.01. The van der Waals surface area contributed by atoms with Crippen molar-refractivity contribution in [3.05, 3.63) is 102 Å². The van der Waals surface area contributed by atoms with Crippen molar-refractivity contribution in [2.45, 2.75) is 31.7 Å². The highest BCUT2D eigenvalue weighted by atomic mass is 19.4. The Hall–Kier alpha value is -4.44. The number of carbonyl (C=O) groups is 2. The minimum absolute atomic E-state index is 0.117. The van der Waals surface area contributed by atoms with Gasteiger partial charge in [-0.05, 0) is 42.7 Å². The van der Waals surface area contributed by atoms with Crippen LogP contribution < -0.4 is 5.32 Å². The highest BCUT2D eigenvalue weighted by molar-refractivity contribution is 6.00. The van der Waals surface area contributed by atoms with Gasteiger partial charge in [0.2, 0.25) is 0 Å². The number of likely N-dealkylation sites (tertiary alicyclic amines) is 1. The zero-order chi connectivity index (χ0) is 28.8. The van der Waals surface area contributed by atoms with E-state index in [2.05, 4.69) is 27.3 Å². The number of piperidine rings is 1. The number of nitrogens with zero attached hydrogens (tertiary/aromatic N) is 2. The zero-order valence-corrected chi connectivity index (χ0v) is 22.1. The summed E-state index contributed by atoms with van der Waals surface area (Å²) in [5.74, 6) is -1.40. The first-order valence-electron chi connectivity index (χ1n) is 13.2. The van der Waals surface area contributed by atoms with Gasteiger partial charge in [0.05, 0.1) is 22.3 Å². The van der Waals surface area contributed by atoms with Crippen molar-refractivity contribution in [3.63, 3.8) is 0 Å². The highest BCUT2D eigenvalue weighted by Gasteiger charge is 2.33. The van der Waals surface area contributed by atoms with Crippen molar-refractivity contribution in [3.8, 4) is 0 Å². The van der Waals surface area contributed by atoms with Gasteiger partial charge in [0, 0.05) is 36.9 Å². The van der Waals surface area contributed by atoms with Crippen molar-refractivity contribution in [1.29, 1.82) is 0 Å². The van der Waals surface area contributed by atoms with Crippen LogP contribution in [0.5, 0.6) is 0 Å². The van der Waals surface area contributed by atoms with Crippen LogP contribution in [0, 0.1) is 0 Å². The van der Waals surface area contributed by atoms with Gasteiger partial charge in [0.1, 0.15) is 6.10 Å². The van der Waals surface area contributed by atoms with Crippen LogP contribution in [0.2, 0.25) is 0 Å². The Morgan fingerprint density at radius 2 is 1.63 bits per heavy atom. The van der Waals surface area contributed by atoms with E-state index in [4.69, 9.17) is 9.47 Å². The lowest BCUT2D eigenvalue weighted by molar-refractivity contribution is -0.154. The normalized spacial score (nSPS) is 14.5. The van der Waals surface area contributed by atoms with Gasteiger partial charge in [-0.25, -0.2) is 9.59 Å². The van der Waals surface area contributed by atoms with Crippen molar-refractivity contribution in [2.24, 2.45) is 0 Å². The molecule has 0 amide bonds. The Balaban J connectivity index is 1.17. The molecule has 0 bridgehead atoms. The number of carbonyl (C=O) groups excluding carboxylic acids is 2. The van der Waals surface area contributed by atoms with E-state index in [1.54, 1.807) is 18.2 Å². The van der Waals surface area contributed by atoms with E-state index >= 15 is 0 Å². The van der Waals surface area contributed by atoms with Crippen molar-refractivity contribution in [1.82, 2.24) is 9.88 Å². The topological polar surface area (TPSA) is 80.8 Å². The number of fused-ring (bicyclic) bond motifs is 1. The van der Waals surface area contributed by atoms with Crippen LogP contribution in [-0.4, -0.2) is 47.6 Å². The smallest absolute Gasteiger partial charge is 0.418 e. The molecule has 0 spiro atoms. The van der Waals surface area contributed by atoms with E-state index in [1.807, 2.05) is 18.2 Å². The van der Waals surface area contributed by atoms with Gasteiger partial charge >= 0.3 is 18.1 Å². The molecule has 5 rings (SSSR count). The number of ether oxygens (including phenoxy) is 2. The molecule has 1 aromatic heterocycles. The lowest BCUT2D eigenvalue weighted by Crippen LogP contribution is -2.38. The Labute approximate surface area is 234 Å². The number of hydrogen-bond donors (Lipinski definition) is 1. The van der Waals surface area contributed by atoms with Gasteiger partial charge < -0.3 is 14.8 Å². The molecule has 1 aliphatic rings. The fourth-order valence-electron chi connectivity index (χ4n) is 4.88. The predicted molar refractivity (Wildman–Crippen MR) is 148 cm³/mol. The molecule has 7 nitrogen and oxygen atoms in total. The summed E-state index contributed by atoms with van der Waals surface area (Å²) in [6, 6.07) is 21.9. The van der Waals surface area contributed by atoms with Crippen LogP contribution in [0.25, 0.3) is 10.9 Å². The van der Waals surface area contributed by atoms with E-state index in [1.165, 1.54) is 36.0 Å². The summed E-state index contributed by atoms with van der Waals surface area (Å²) in [5, 5.41) is 3.26. The summed E-state index contributed by atoms with van der Waals surface area (Å²) in [6.07, 6.45) is -2.17. The Morgan fingerprint density at radius 1 is 0.902 bits per heavy atom. The molecule has 0 unspecified atom stereocenters. The fraction of sp³-hybridized carbons (Fsp3) is 0.258. The number of esters is 2. The number of aromatic nitrogens is 1. The summed E-state index contributed by atoms with van der Waals surface area (Å²) in [4.78, 5) is 31.5. The molecule has 41 heavy (non-hydrogen) atoms. The quantitative estimate of drug-likeness (QED) is 0.250. The maximum Gasteiger partial charge on any atom is 0.418 e. The summed E-state index contributed by atoms with van der Waals surface area (Å²) in [7, 11) is 0. The first-order chi connectivity index (χ1) is 19.8. The molecule has 4 aromatic rings. The average Bonchev–Trinajstić information content (AvgIpc) is 2.97. The van der Waals surface area contributed by atoms with Crippen molar-refractivity contribution >= 4 is 34.2 Å². The SMILES string of the molecule is O=C(COC(=O)c1ccccc1Nc1ccnc2c(C(F)(F)F)cccc12)OC1CCN(Cc2ccccc2)CC1. The molecule has 0 radical (unpaired) electrons. The summed E-state index contributed by atoms with van der Waals surface area (Å²) < 4.78 is 51.2. The minimum atomic E-state index is -4.57. The Kier molecular flexibility index (Phi) is 8.49. The summed E-state index contributed by atoms with van der Waals surface area (Å²) >= 11 is 0. The molecule has 0 saturated carbocycles. The second kappa shape index (κ2) is 12.4. The number of halogens is 3. The van der Waals surface area contributed by atoms with Gasteiger partial charge in [-0.15, -0.1) is 0 Å². The molecule has 0 atom stereocenters. The molecule has 212 valence electrons. The van der Waals surface area contributed by atoms with Gasteiger partial charge in [-0.2, -0.15) is 13.2 Å². The number of rotatable bonds is 8. The first kappa shape index (κ1) is 28.1. The number of alkyl halides is 3. The predicted octanol–water partition coefficient (Wildman–Crippen LogP) is 6.36. The molecule has 0 aliphatic carbocycles. The van der Waals surface area contributed by atoms with Crippen LogP contribution in [0.15, 0.2) is 85.1 Å². The Morgan fingerprint density at radius 3 is 2.39 bits per heavy atom. The maximum atomic E-state index is 13.5. The van der Waals surface area contributed by atoms with E-state index in [-0.39, 0.29) is 22.6 Å². The number of nitrogens with one attached hydrogen (secondary N) is 1. The van der Waals surface area contributed by atoms with E-state index < -0.39 is 30.3 Å². The highest BCUT2D eigenvalue weighted by Crippen LogP contribution is 2.36. The van der Waals surface area contributed by atoms with Gasteiger partial charge in [0.15, 0.2) is 6.61 Å². The number of para-hydroxylation sites is 2. The lowest BCUT2D eigenvalue weighted by atomic mass is 10.1. The number of pyridine rings is 1. The minimum Gasteiger partial charge on any atom is -0.460 e. The average molecular weight is 564 g/mol. The third-order valence-electron chi connectivity index (χ3n) is 6.90. The largest absolute Gasteiger partial charge is 0.460 e. The standard InChI is InChI=1S/C31H28F3N3O4/c32-31(33,34)25-11-6-10-23-27(13-16-35-29(23)25)36-26-12-5-4-9-24(26)30(39)40-20-28(38)41-22-14-17-37(18-15-22)19-21-7-2-1-3-8-21/h1-13,16,22H,14-15,17-20H2,(H,35,36). The second-order valence-corrected chi connectivity index (χ2v) is 9.76. The van der Waals surface area contributed by atoms with Crippen LogP contribution in [0.4, 0.5) is 24.5 Å². The second-order valence-electron chi connectivity index (χ2n) is 9.76. The summed E-state index contributed by atoms with van der Waals surface area (Å²) in [5.41, 5.74) is 0.922. The van der Waals surface area contributed by atoms with Crippen molar-refractivity contribution in [2.75, 3.05) is 25.0 Å². The number of anilines is 2. The molecule has 1 aliphatic heterocycles. The van der Waals surface area contributed by atoms with Crippen molar-refractivity contribution < 1.29 is 32.2 Å². The molecule has 10 heteroatoms. The number of benzene rings is 3. The monoisotopic (exact) mass is 563 g/mol. The zero-order valence-electron chi connectivity index (χ0n) is 22.1.